The average molecular weight is 790 g/mol. The van der Waals surface area contributed by atoms with Crippen LogP contribution >= 0.6 is 7.82 Å². The van der Waals surface area contributed by atoms with Crippen LogP contribution in [0.1, 0.15) is 128 Å². The molecule has 3 aromatic rings. The zero-order chi connectivity index (χ0) is 39.5. The van der Waals surface area contributed by atoms with Gasteiger partial charge >= 0.3 is 7.82 Å². The van der Waals surface area contributed by atoms with Crippen molar-refractivity contribution in [3.63, 3.8) is 0 Å². The van der Waals surface area contributed by atoms with Gasteiger partial charge in [-0.05, 0) is 25.5 Å². The number of nitrogen functional groups attached to an aromatic ring is 1. The summed E-state index contributed by atoms with van der Waals surface area (Å²) in [5.74, 6) is 0.400. The fourth-order valence-corrected chi connectivity index (χ4v) is 7.51. The molecule has 4 rings (SSSR count). The molecule has 6 atom stereocenters. The first-order valence-corrected chi connectivity index (χ1v) is 21.3. The number of anilines is 1. The summed E-state index contributed by atoms with van der Waals surface area (Å²) in [5.41, 5.74) is 5.34. The molecule has 55 heavy (non-hydrogen) atoms. The SMILES string of the molecule is CCCCCCCCCCCCCCCCCCOC[C@H](COP(=O)(O)OC[C@H]1O[C@@](C)(c2ccc3c(N)ncnn23)[C@H](O)[C@@H]1O)Oc1cnc(C#N)nc1. The van der Waals surface area contributed by atoms with E-state index in [9.17, 15) is 19.7 Å². The maximum absolute atomic E-state index is 13.0. The number of ether oxygens (including phenoxy) is 3. The maximum atomic E-state index is 13.0. The van der Waals surface area contributed by atoms with Crippen molar-refractivity contribution in [2.24, 2.45) is 0 Å². The van der Waals surface area contributed by atoms with Crippen LogP contribution in [0, 0.1) is 11.3 Å². The number of phosphoric ester groups is 1. The van der Waals surface area contributed by atoms with Gasteiger partial charge in [-0.1, -0.05) is 103 Å². The van der Waals surface area contributed by atoms with Crippen LogP contribution in [0.15, 0.2) is 30.9 Å². The molecule has 17 heteroatoms. The van der Waals surface area contributed by atoms with Crippen LogP contribution in [0.3, 0.4) is 0 Å². The first-order valence-electron chi connectivity index (χ1n) is 19.8. The minimum absolute atomic E-state index is 0.0340. The zero-order valence-corrected chi connectivity index (χ0v) is 33.2. The number of fused-ring (bicyclic) bond motifs is 1. The third kappa shape index (κ3) is 14.0. The van der Waals surface area contributed by atoms with Gasteiger partial charge in [0, 0.05) is 6.61 Å². The lowest BCUT2D eigenvalue weighted by Crippen LogP contribution is -2.39. The largest absolute Gasteiger partial charge is 0.482 e. The molecule has 0 saturated carbocycles. The number of nitrogens with zero attached hydrogens (tertiary/aromatic N) is 6. The second-order valence-electron chi connectivity index (χ2n) is 14.4. The van der Waals surface area contributed by atoms with Gasteiger partial charge in [-0.2, -0.15) is 10.4 Å². The molecule has 1 fully saturated rings. The summed E-state index contributed by atoms with van der Waals surface area (Å²) >= 11 is 0. The Hall–Kier alpha value is -3.26. The Bertz CT molecular complexity index is 1640. The molecule has 0 amide bonds. The molecule has 4 heterocycles. The summed E-state index contributed by atoms with van der Waals surface area (Å²) < 4.78 is 42.6. The lowest BCUT2D eigenvalue weighted by molar-refractivity contribution is -0.0892. The smallest absolute Gasteiger partial charge is 0.472 e. The molecule has 1 unspecified atom stereocenters. The van der Waals surface area contributed by atoms with E-state index < -0.39 is 51.1 Å². The number of aliphatic hydroxyl groups is 2. The summed E-state index contributed by atoms with van der Waals surface area (Å²) in [5, 5.41) is 35.0. The molecule has 0 radical (unpaired) electrons. The summed E-state index contributed by atoms with van der Waals surface area (Å²) in [4.78, 5) is 22.3. The van der Waals surface area contributed by atoms with Crippen LogP contribution in [-0.4, -0.2) is 90.5 Å². The highest BCUT2D eigenvalue weighted by Crippen LogP contribution is 2.46. The monoisotopic (exact) mass is 789 g/mol. The second kappa shape index (κ2) is 23.1. The quantitative estimate of drug-likeness (QED) is 0.0476. The van der Waals surface area contributed by atoms with Gasteiger partial charge in [-0.3, -0.25) is 9.05 Å². The predicted octanol–water partition coefficient (Wildman–Crippen LogP) is 6.17. The van der Waals surface area contributed by atoms with Crippen molar-refractivity contribution in [2.75, 3.05) is 32.2 Å². The molecule has 5 N–H and O–H groups in total. The summed E-state index contributed by atoms with van der Waals surface area (Å²) in [6.07, 6.45) is 19.3. The highest BCUT2D eigenvalue weighted by molar-refractivity contribution is 7.47. The number of nitrogens with two attached hydrogens (primary N) is 1. The van der Waals surface area contributed by atoms with Gasteiger partial charge in [0.1, 0.15) is 47.9 Å². The highest BCUT2D eigenvalue weighted by atomic mass is 31.2. The molecule has 1 aliphatic heterocycles. The number of hydrogen-bond acceptors (Lipinski definition) is 14. The maximum Gasteiger partial charge on any atom is 0.472 e. The fourth-order valence-electron chi connectivity index (χ4n) is 6.75. The minimum atomic E-state index is -4.71. The van der Waals surface area contributed by atoms with Gasteiger partial charge in [0.05, 0.1) is 37.9 Å². The van der Waals surface area contributed by atoms with Crippen molar-refractivity contribution < 1.29 is 42.9 Å². The van der Waals surface area contributed by atoms with Crippen LogP contribution in [-0.2, 0) is 28.7 Å². The van der Waals surface area contributed by atoms with E-state index in [0.29, 0.717) is 17.8 Å². The van der Waals surface area contributed by atoms with Crippen LogP contribution in [0.4, 0.5) is 5.82 Å². The lowest BCUT2D eigenvalue weighted by atomic mass is 9.93. The molecule has 0 spiro atoms. The van der Waals surface area contributed by atoms with E-state index in [-0.39, 0.29) is 24.0 Å². The zero-order valence-electron chi connectivity index (χ0n) is 32.3. The topological polar surface area (TPSA) is 230 Å². The third-order valence-corrected chi connectivity index (χ3v) is 10.9. The predicted molar refractivity (Wildman–Crippen MR) is 205 cm³/mol. The van der Waals surface area contributed by atoms with E-state index >= 15 is 0 Å². The van der Waals surface area contributed by atoms with Gasteiger partial charge in [0.25, 0.3) is 0 Å². The Morgan fingerprint density at radius 2 is 1.53 bits per heavy atom. The van der Waals surface area contributed by atoms with Crippen LogP contribution in [0.25, 0.3) is 5.52 Å². The Morgan fingerprint density at radius 3 is 2.13 bits per heavy atom. The van der Waals surface area contributed by atoms with E-state index in [1.165, 1.54) is 107 Å². The van der Waals surface area contributed by atoms with E-state index in [1.807, 2.05) is 6.07 Å². The summed E-state index contributed by atoms with van der Waals surface area (Å²) in [7, 11) is -4.71. The van der Waals surface area contributed by atoms with Gasteiger partial charge in [-0.25, -0.2) is 24.0 Å². The fraction of sp³-hybridized carbons (Fsp3) is 0.711. The Kier molecular flexibility index (Phi) is 18.7. The van der Waals surface area contributed by atoms with Crippen molar-refractivity contribution in [2.45, 2.75) is 147 Å². The van der Waals surface area contributed by atoms with Crippen LogP contribution in [0.2, 0.25) is 0 Å². The Labute approximate surface area is 324 Å². The number of aromatic nitrogens is 5. The first kappa shape index (κ1) is 44.5. The van der Waals surface area contributed by atoms with Crippen molar-refractivity contribution in [3.05, 3.63) is 42.4 Å². The van der Waals surface area contributed by atoms with Crippen molar-refractivity contribution in [1.29, 1.82) is 5.26 Å². The number of phosphoric acid groups is 1. The minimum Gasteiger partial charge on any atom is -0.482 e. The number of unbranched alkanes of at least 4 members (excludes halogenated alkanes) is 15. The number of aliphatic hydroxyl groups excluding tert-OH is 2. The van der Waals surface area contributed by atoms with Gasteiger partial charge in [-0.15, -0.1) is 0 Å². The van der Waals surface area contributed by atoms with E-state index in [4.69, 9.17) is 34.3 Å². The van der Waals surface area contributed by atoms with Crippen molar-refractivity contribution in [1.82, 2.24) is 24.6 Å². The third-order valence-electron chi connectivity index (χ3n) is 9.96. The van der Waals surface area contributed by atoms with E-state index in [0.717, 1.165) is 19.3 Å². The van der Waals surface area contributed by atoms with Gasteiger partial charge in [0.2, 0.25) is 5.82 Å². The Balaban J connectivity index is 1.16. The molecule has 0 bridgehead atoms. The van der Waals surface area contributed by atoms with Crippen molar-refractivity contribution in [3.8, 4) is 11.8 Å². The average Bonchev–Trinajstić information content (AvgIpc) is 3.72. The molecular formula is C38H60N7O9P. The summed E-state index contributed by atoms with van der Waals surface area (Å²) in [6.45, 7) is 3.35. The molecule has 1 aliphatic rings. The van der Waals surface area contributed by atoms with Crippen molar-refractivity contribution >= 4 is 19.2 Å². The van der Waals surface area contributed by atoms with Gasteiger partial charge < -0.3 is 35.1 Å². The summed E-state index contributed by atoms with van der Waals surface area (Å²) in [6, 6.07) is 5.14. The molecule has 306 valence electrons. The molecule has 0 aromatic carbocycles. The highest BCUT2D eigenvalue weighted by Gasteiger charge is 2.54. The molecule has 1 saturated heterocycles. The molecule has 0 aliphatic carbocycles. The van der Waals surface area contributed by atoms with Crippen LogP contribution < -0.4 is 10.5 Å². The van der Waals surface area contributed by atoms with E-state index in [1.54, 1.807) is 19.1 Å². The number of rotatable bonds is 28. The standard InChI is InChI=1S/C38H60N7O9P/c1-3-4-5-6-7-8-9-10-11-12-13-14-15-16-17-18-21-50-25-30(53-29-23-41-34(22-39)42-24-29)26-51-55(48,49)52-27-32-35(46)36(47)38(2,54-32)33-20-19-31-37(40)43-28-44-45(31)33/h19-20,23-24,28,30,32,35-36,46-47H,3-18,21,25-27H2,1-2H3,(H,48,49)(H2,40,43,44)/t30-,32-,35-,36-,38+/m1/s1. The molecule has 16 nitrogen and oxygen atoms in total. The lowest BCUT2D eigenvalue weighted by Gasteiger charge is -2.27. The van der Waals surface area contributed by atoms with Gasteiger partial charge in [0.15, 0.2) is 11.6 Å². The number of hydrogen-bond donors (Lipinski definition) is 4. The number of nitriles is 1. The normalized spacial score (nSPS) is 21.4. The molecular weight excluding hydrogens is 729 g/mol. The van der Waals surface area contributed by atoms with Crippen LogP contribution in [0.5, 0.6) is 5.75 Å². The second-order valence-corrected chi connectivity index (χ2v) is 15.8. The Morgan fingerprint density at radius 1 is 0.927 bits per heavy atom. The first-order chi connectivity index (χ1) is 26.6. The molecule has 3 aromatic heterocycles. The van der Waals surface area contributed by atoms with E-state index in [2.05, 4.69) is 27.0 Å².